The molecule has 1 heterocycles. The van der Waals surface area contributed by atoms with Crippen LogP contribution in [0, 0.1) is 19.7 Å². The van der Waals surface area contributed by atoms with Crippen LogP contribution in [-0.4, -0.2) is 23.5 Å². The standard InChI is InChI=1S/C22H21FN2O3/c1-4-17-14(3)21(15-7-5-6-8-18(15)24-17)22(27)28-12-20(26)25-19-10-9-13(2)11-16(19)23/h5-11H,4,12H2,1-3H3,(H,25,26). The maximum atomic E-state index is 13.9. The van der Waals surface area contributed by atoms with Crippen molar-refractivity contribution in [1.82, 2.24) is 4.98 Å². The summed E-state index contributed by atoms with van der Waals surface area (Å²) in [6, 6.07) is 11.8. The van der Waals surface area contributed by atoms with Gasteiger partial charge in [0.15, 0.2) is 6.61 Å². The van der Waals surface area contributed by atoms with Crippen molar-refractivity contribution in [1.29, 1.82) is 0 Å². The Kier molecular flexibility index (Phi) is 5.68. The van der Waals surface area contributed by atoms with Crippen molar-refractivity contribution < 1.29 is 18.7 Å². The molecule has 0 saturated heterocycles. The highest BCUT2D eigenvalue weighted by molar-refractivity contribution is 6.05. The largest absolute Gasteiger partial charge is 0.452 e. The topological polar surface area (TPSA) is 68.3 Å². The molecule has 144 valence electrons. The van der Waals surface area contributed by atoms with Crippen LogP contribution in [0.1, 0.15) is 34.1 Å². The highest BCUT2D eigenvalue weighted by atomic mass is 19.1. The summed E-state index contributed by atoms with van der Waals surface area (Å²) >= 11 is 0. The Bertz CT molecular complexity index is 1060. The fourth-order valence-corrected chi connectivity index (χ4v) is 3.08. The van der Waals surface area contributed by atoms with Crippen LogP contribution in [0.3, 0.4) is 0 Å². The van der Waals surface area contributed by atoms with E-state index in [0.717, 1.165) is 16.8 Å². The number of halogens is 1. The molecule has 3 aromatic rings. The van der Waals surface area contributed by atoms with E-state index < -0.39 is 24.3 Å². The zero-order chi connectivity index (χ0) is 20.3. The fourth-order valence-electron chi connectivity index (χ4n) is 3.08. The summed E-state index contributed by atoms with van der Waals surface area (Å²) in [5, 5.41) is 3.09. The first-order valence-corrected chi connectivity index (χ1v) is 9.02. The van der Waals surface area contributed by atoms with Crippen LogP contribution < -0.4 is 5.32 Å². The van der Waals surface area contributed by atoms with E-state index in [1.807, 2.05) is 32.0 Å². The van der Waals surface area contributed by atoms with Gasteiger partial charge in [0.2, 0.25) is 0 Å². The van der Waals surface area contributed by atoms with E-state index in [2.05, 4.69) is 10.3 Å². The lowest BCUT2D eigenvalue weighted by atomic mass is 10.0. The summed E-state index contributed by atoms with van der Waals surface area (Å²) in [6.45, 7) is 5.02. The van der Waals surface area contributed by atoms with Gasteiger partial charge >= 0.3 is 5.97 Å². The highest BCUT2D eigenvalue weighted by Gasteiger charge is 2.19. The van der Waals surface area contributed by atoms with Crippen LogP contribution in [0.15, 0.2) is 42.5 Å². The monoisotopic (exact) mass is 380 g/mol. The Labute approximate surface area is 162 Å². The molecule has 6 heteroatoms. The number of aromatic nitrogens is 1. The smallest absolute Gasteiger partial charge is 0.339 e. The summed E-state index contributed by atoms with van der Waals surface area (Å²) in [4.78, 5) is 29.4. The van der Waals surface area contributed by atoms with E-state index in [0.29, 0.717) is 22.9 Å². The van der Waals surface area contributed by atoms with Gasteiger partial charge in [-0.15, -0.1) is 0 Å². The molecule has 0 bridgehead atoms. The number of ether oxygens (including phenoxy) is 1. The maximum Gasteiger partial charge on any atom is 0.339 e. The minimum absolute atomic E-state index is 0.0467. The van der Waals surface area contributed by atoms with Gasteiger partial charge in [0.1, 0.15) is 5.82 Å². The predicted octanol–water partition coefficient (Wildman–Crippen LogP) is 4.35. The number of hydrogen-bond acceptors (Lipinski definition) is 4. The third-order valence-corrected chi connectivity index (χ3v) is 4.51. The lowest BCUT2D eigenvalue weighted by Crippen LogP contribution is -2.22. The Morgan fingerprint density at radius 3 is 2.61 bits per heavy atom. The molecule has 0 saturated carbocycles. The van der Waals surface area contributed by atoms with Gasteiger partial charge in [-0.25, -0.2) is 9.18 Å². The Morgan fingerprint density at radius 1 is 1.14 bits per heavy atom. The summed E-state index contributed by atoms with van der Waals surface area (Å²) in [6.07, 6.45) is 0.671. The third kappa shape index (κ3) is 4.01. The zero-order valence-corrected chi connectivity index (χ0v) is 16.0. The SMILES string of the molecule is CCc1nc2ccccc2c(C(=O)OCC(=O)Nc2ccc(C)cc2F)c1C. The minimum atomic E-state index is -0.608. The number of benzene rings is 2. The molecule has 0 aliphatic rings. The van der Waals surface area contributed by atoms with Gasteiger partial charge in [-0.1, -0.05) is 31.2 Å². The first-order valence-electron chi connectivity index (χ1n) is 9.02. The van der Waals surface area contributed by atoms with E-state index in [1.165, 1.54) is 12.1 Å². The molecule has 3 rings (SSSR count). The number of pyridine rings is 1. The van der Waals surface area contributed by atoms with Gasteiger partial charge in [0, 0.05) is 11.1 Å². The molecule has 0 radical (unpaired) electrons. The quantitative estimate of drug-likeness (QED) is 0.668. The molecule has 0 spiro atoms. The molecular formula is C22H21FN2O3. The first kappa shape index (κ1) is 19.5. The van der Waals surface area contributed by atoms with Crippen molar-refractivity contribution in [3.05, 3.63) is 70.7 Å². The van der Waals surface area contributed by atoms with Gasteiger partial charge in [-0.3, -0.25) is 9.78 Å². The third-order valence-electron chi connectivity index (χ3n) is 4.51. The van der Waals surface area contributed by atoms with E-state index >= 15 is 0 Å². The number of para-hydroxylation sites is 1. The molecule has 0 fully saturated rings. The number of carbonyl (C=O) groups excluding carboxylic acids is 2. The average Bonchev–Trinajstić information content (AvgIpc) is 2.68. The molecule has 0 atom stereocenters. The zero-order valence-electron chi connectivity index (χ0n) is 16.0. The molecule has 0 aliphatic heterocycles. The molecule has 5 nitrogen and oxygen atoms in total. The number of nitrogens with one attached hydrogen (secondary N) is 1. The van der Waals surface area contributed by atoms with Gasteiger partial charge in [0.05, 0.1) is 16.8 Å². The molecule has 0 unspecified atom stereocenters. The van der Waals surface area contributed by atoms with Crippen molar-refractivity contribution in [2.24, 2.45) is 0 Å². The van der Waals surface area contributed by atoms with Crippen LogP contribution in [-0.2, 0) is 16.0 Å². The fraction of sp³-hybridized carbons (Fsp3) is 0.227. The molecule has 28 heavy (non-hydrogen) atoms. The van der Waals surface area contributed by atoms with Crippen molar-refractivity contribution >= 4 is 28.5 Å². The molecule has 1 N–H and O–H groups in total. The number of anilines is 1. The number of carbonyl (C=O) groups is 2. The van der Waals surface area contributed by atoms with Crippen molar-refractivity contribution in [2.45, 2.75) is 27.2 Å². The summed E-state index contributed by atoms with van der Waals surface area (Å²) in [5.74, 6) is -1.75. The summed E-state index contributed by atoms with van der Waals surface area (Å²) < 4.78 is 19.1. The number of rotatable bonds is 5. The molecule has 1 aromatic heterocycles. The second-order valence-electron chi connectivity index (χ2n) is 6.54. The first-order chi connectivity index (χ1) is 13.4. The van der Waals surface area contributed by atoms with Gasteiger partial charge < -0.3 is 10.1 Å². The number of esters is 1. The number of fused-ring (bicyclic) bond motifs is 1. The van der Waals surface area contributed by atoms with Crippen LogP contribution in [0.2, 0.25) is 0 Å². The summed E-state index contributed by atoms with van der Waals surface area (Å²) in [5.41, 5.74) is 3.42. The normalized spacial score (nSPS) is 10.7. The lowest BCUT2D eigenvalue weighted by Gasteiger charge is -2.13. The Balaban J connectivity index is 1.78. The second kappa shape index (κ2) is 8.17. The van der Waals surface area contributed by atoms with E-state index in [9.17, 15) is 14.0 Å². The number of amides is 1. The summed E-state index contributed by atoms with van der Waals surface area (Å²) in [7, 11) is 0. The van der Waals surface area contributed by atoms with E-state index in [4.69, 9.17) is 4.74 Å². The van der Waals surface area contributed by atoms with Gasteiger partial charge in [-0.05, 0) is 49.6 Å². The maximum absolute atomic E-state index is 13.9. The van der Waals surface area contributed by atoms with Gasteiger partial charge in [-0.2, -0.15) is 0 Å². The molecule has 2 aromatic carbocycles. The predicted molar refractivity (Wildman–Crippen MR) is 106 cm³/mol. The van der Waals surface area contributed by atoms with Crippen LogP contribution in [0.4, 0.5) is 10.1 Å². The van der Waals surface area contributed by atoms with E-state index in [-0.39, 0.29) is 5.69 Å². The van der Waals surface area contributed by atoms with E-state index in [1.54, 1.807) is 19.1 Å². The Hall–Kier alpha value is -3.28. The van der Waals surface area contributed by atoms with Crippen molar-refractivity contribution in [3.8, 4) is 0 Å². The minimum Gasteiger partial charge on any atom is -0.452 e. The van der Waals surface area contributed by atoms with Crippen molar-refractivity contribution in [2.75, 3.05) is 11.9 Å². The van der Waals surface area contributed by atoms with Gasteiger partial charge in [0.25, 0.3) is 5.91 Å². The number of nitrogens with zero attached hydrogens (tertiary/aromatic N) is 1. The highest BCUT2D eigenvalue weighted by Crippen LogP contribution is 2.24. The number of hydrogen-bond donors (Lipinski definition) is 1. The van der Waals surface area contributed by atoms with Crippen LogP contribution in [0.25, 0.3) is 10.9 Å². The molecule has 0 aliphatic carbocycles. The van der Waals surface area contributed by atoms with Crippen LogP contribution in [0.5, 0.6) is 0 Å². The van der Waals surface area contributed by atoms with Crippen molar-refractivity contribution in [3.63, 3.8) is 0 Å². The number of aryl methyl sites for hydroxylation is 2. The average molecular weight is 380 g/mol. The molecular weight excluding hydrogens is 359 g/mol. The second-order valence-corrected chi connectivity index (χ2v) is 6.54. The Morgan fingerprint density at radius 2 is 1.89 bits per heavy atom. The van der Waals surface area contributed by atoms with Crippen LogP contribution >= 0.6 is 0 Å². The lowest BCUT2D eigenvalue weighted by molar-refractivity contribution is -0.119. The molecule has 1 amide bonds.